The van der Waals surface area contributed by atoms with E-state index in [4.69, 9.17) is 9.47 Å². The van der Waals surface area contributed by atoms with Gasteiger partial charge in [0, 0.05) is 0 Å². The molecule has 7 N–H and O–H groups in total. The van der Waals surface area contributed by atoms with Gasteiger partial charge in [-0.15, -0.1) is 0 Å². The molecule has 0 spiro atoms. The number of allylic oxidation sites excluding steroid dienone is 3. The molecule has 0 aromatic rings. The molecule has 10 nitrogen and oxygen atoms in total. The maximum absolute atomic E-state index is 13.0. The maximum Gasteiger partial charge on any atom is 0.249 e. The van der Waals surface area contributed by atoms with Crippen molar-refractivity contribution < 1.29 is 44.9 Å². The lowest BCUT2D eigenvalue weighted by molar-refractivity contribution is -0.302. The Kier molecular flexibility index (Phi) is 34.3. The zero-order chi connectivity index (χ0) is 41.9. The predicted octanol–water partition coefficient (Wildman–Crippen LogP) is 8.72. The van der Waals surface area contributed by atoms with E-state index in [1.54, 1.807) is 6.08 Å². The number of carbonyl (C=O) groups is 1. The van der Waals surface area contributed by atoms with E-state index in [9.17, 15) is 35.4 Å². The first-order valence-electron chi connectivity index (χ1n) is 23.6. The van der Waals surface area contributed by atoms with Crippen LogP contribution in [0.4, 0.5) is 0 Å². The van der Waals surface area contributed by atoms with Gasteiger partial charge in [0.25, 0.3) is 0 Å². The third kappa shape index (κ3) is 27.2. The fourth-order valence-corrected chi connectivity index (χ4v) is 7.38. The predicted molar refractivity (Wildman–Crippen MR) is 232 cm³/mol. The average molecular weight is 812 g/mol. The zero-order valence-corrected chi connectivity index (χ0v) is 36.6. The second-order valence-corrected chi connectivity index (χ2v) is 16.9. The van der Waals surface area contributed by atoms with E-state index in [0.717, 1.165) is 38.0 Å². The summed E-state index contributed by atoms with van der Waals surface area (Å²) in [5, 5.41) is 64.6. The molecule has 1 amide bonds. The highest BCUT2D eigenvalue weighted by Gasteiger charge is 2.44. The summed E-state index contributed by atoms with van der Waals surface area (Å²) in [6.45, 7) is 5.90. The van der Waals surface area contributed by atoms with Crippen LogP contribution in [0.15, 0.2) is 24.3 Å². The minimum absolute atomic E-state index is 0.227. The van der Waals surface area contributed by atoms with Crippen LogP contribution in [-0.4, -0.2) is 98.7 Å². The van der Waals surface area contributed by atoms with E-state index in [1.165, 1.54) is 135 Å². The number of carbonyl (C=O) groups excluding carboxylic acids is 1. The Morgan fingerprint density at radius 3 is 1.67 bits per heavy atom. The third-order valence-electron chi connectivity index (χ3n) is 11.7. The molecule has 0 aromatic carbocycles. The highest BCUT2D eigenvalue weighted by Crippen LogP contribution is 2.23. The summed E-state index contributed by atoms with van der Waals surface area (Å²) in [5.41, 5.74) is 0. The van der Waals surface area contributed by atoms with Gasteiger partial charge in [-0.05, 0) is 44.4 Å². The quantitative estimate of drug-likeness (QED) is 0.0238. The van der Waals surface area contributed by atoms with Crippen molar-refractivity contribution in [1.82, 2.24) is 5.32 Å². The van der Waals surface area contributed by atoms with Crippen LogP contribution in [0.1, 0.15) is 201 Å². The van der Waals surface area contributed by atoms with Gasteiger partial charge in [0.15, 0.2) is 6.29 Å². The Labute approximate surface area is 348 Å². The average Bonchev–Trinajstić information content (AvgIpc) is 3.21. The van der Waals surface area contributed by atoms with Gasteiger partial charge < -0.3 is 45.4 Å². The van der Waals surface area contributed by atoms with Gasteiger partial charge in [0.2, 0.25) is 5.91 Å². The molecule has 9 unspecified atom stereocenters. The van der Waals surface area contributed by atoms with Crippen LogP contribution in [0.25, 0.3) is 0 Å². The van der Waals surface area contributed by atoms with E-state index in [2.05, 4.69) is 32.2 Å². The normalized spacial score (nSPS) is 22.3. The standard InChI is InChI=1S/C47H89NO9/c1-4-6-7-8-9-10-11-12-13-14-15-16-17-18-19-20-21-26-29-32-35-41(51)46(55)48-39(37-56-47-45(54)44(53)43(52)42(36-49)57-47)40(50)34-31-28-25-23-22-24-27-30-33-38(3)5-2/h26,29,31,34,38-45,47,49-54H,4-25,27-28,30,32-33,35-37H2,1-3H3,(H,48,55). The molecule has 0 bridgehead atoms. The molecule has 1 aliphatic heterocycles. The number of hydrogen-bond acceptors (Lipinski definition) is 9. The van der Waals surface area contributed by atoms with Crippen LogP contribution in [0.2, 0.25) is 0 Å². The lowest BCUT2D eigenvalue weighted by atomic mass is 9.99. The molecule has 0 aliphatic carbocycles. The van der Waals surface area contributed by atoms with Crippen molar-refractivity contribution in [3.8, 4) is 0 Å². The molecule has 57 heavy (non-hydrogen) atoms. The first-order chi connectivity index (χ1) is 27.7. The molecule has 1 fully saturated rings. The molecule has 336 valence electrons. The van der Waals surface area contributed by atoms with Crippen molar-refractivity contribution in [2.24, 2.45) is 5.92 Å². The largest absolute Gasteiger partial charge is 0.394 e. The molecular formula is C47H89NO9. The van der Waals surface area contributed by atoms with Gasteiger partial charge in [-0.1, -0.05) is 186 Å². The molecule has 0 aromatic heterocycles. The van der Waals surface area contributed by atoms with Crippen LogP contribution in [-0.2, 0) is 14.3 Å². The van der Waals surface area contributed by atoms with E-state index < -0.39 is 61.5 Å². The molecule has 1 rings (SSSR count). The number of unbranched alkanes of at least 4 members (excludes halogenated alkanes) is 22. The third-order valence-corrected chi connectivity index (χ3v) is 11.7. The number of rotatable bonds is 38. The minimum Gasteiger partial charge on any atom is -0.394 e. The fraction of sp³-hybridized carbons (Fsp3) is 0.894. The van der Waals surface area contributed by atoms with E-state index in [-0.39, 0.29) is 13.0 Å². The van der Waals surface area contributed by atoms with Crippen molar-refractivity contribution >= 4 is 5.91 Å². The molecule has 1 heterocycles. The first kappa shape index (κ1) is 53.6. The summed E-state index contributed by atoms with van der Waals surface area (Å²) in [6, 6.07) is -0.994. The molecular weight excluding hydrogens is 723 g/mol. The number of hydrogen-bond donors (Lipinski definition) is 7. The van der Waals surface area contributed by atoms with Gasteiger partial charge in [0.1, 0.15) is 30.5 Å². The van der Waals surface area contributed by atoms with Crippen LogP contribution in [0, 0.1) is 5.92 Å². The van der Waals surface area contributed by atoms with E-state index in [0.29, 0.717) is 6.42 Å². The van der Waals surface area contributed by atoms with Crippen molar-refractivity contribution in [1.29, 1.82) is 0 Å². The molecule has 0 radical (unpaired) electrons. The van der Waals surface area contributed by atoms with Crippen LogP contribution in [0.3, 0.4) is 0 Å². The Bertz CT molecular complexity index is 979. The van der Waals surface area contributed by atoms with Gasteiger partial charge in [-0.25, -0.2) is 0 Å². The minimum atomic E-state index is -1.61. The zero-order valence-electron chi connectivity index (χ0n) is 36.6. The number of aliphatic hydroxyl groups excluding tert-OH is 6. The van der Waals surface area contributed by atoms with E-state index >= 15 is 0 Å². The van der Waals surface area contributed by atoms with Crippen LogP contribution in [0.5, 0.6) is 0 Å². The molecule has 1 aliphatic rings. The maximum atomic E-state index is 13.0. The summed E-state index contributed by atoms with van der Waals surface area (Å²) in [7, 11) is 0. The lowest BCUT2D eigenvalue weighted by Gasteiger charge is -2.40. The monoisotopic (exact) mass is 812 g/mol. The number of amides is 1. The number of aliphatic hydroxyl groups is 6. The number of nitrogens with one attached hydrogen (secondary N) is 1. The van der Waals surface area contributed by atoms with Crippen molar-refractivity contribution in [2.45, 2.75) is 250 Å². The second kappa shape index (κ2) is 36.5. The Hall–Kier alpha value is -1.37. The second-order valence-electron chi connectivity index (χ2n) is 16.9. The first-order valence-corrected chi connectivity index (χ1v) is 23.6. The Morgan fingerprint density at radius 1 is 0.649 bits per heavy atom. The summed E-state index contributed by atoms with van der Waals surface area (Å²) >= 11 is 0. The summed E-state index contributed by atoms with van der Waals surface area (Å²) in [5.74, 6) is 0.149. The van der Waals surface area contributed by atoms with Gasteiger partial charge in [-0.3, -0.25) is 4.79 Å². The SMILES string of the molecule is CCCCCCCCCCCCCCCCCCC=CCCC(O)C(=O)NC(COC1OC(CO)C(O)C(O)C1O)C(O)C=CCCCCCCCCC(C)CC. The summed E-state index contributed by atoms with van der Waals surface area (Å²) in [4.78, 5) is 13.0. The van der Waals surface area contributed by atoms with Crippen LogP contribution < -0.4 is 5.32 Å². The van der Waals surface area contributed by atoms with Gasteiger partial charge >= 0.3 is 0 Å². The Balaban J connectivity index is 2.39. The molecule has 10 heteroatoms. The molecule has 1 saturated heterocycles. The van der Waals surface area contributed by atoms with Crippen molar-refractivity contribution in [2.75, 3.05) is 13.2 Å². The molecule has 0 saturated carbocycles. The smallest absolute Gasteiger partial charge is 0.249 e. The summed E-state index contributed by atoms with van der Waals surface area (Å²) in [6.07, 6.45) is 31.4. The highest BCUT2D eigenvalue weighted by atomic mass is 16.7. The molecule has 9 atom stereocenters. The Morgan fingerprint density at radius 2 is 1.14 bits per heavy atom. The van der Waals surface area contributed by atoms with Crippen molar-refractivity contribution in [3.63, 3.8) is 0 Å². The van der Waals surface area contributed by atoms with Crippen molar-refractivity contribution in [3.05, 3.63) is 24.3 Å². The summed E-state index contributed by atoms with van der Waals surface area (Å²) < 4.78 is 11.1. The van der Waals surface area contributed by atoms with Crippen LogP contribution >= 0.6 is 0 Å². The van der Waals surface area contributed by atoms with Gasteiger partial charge in [-0.2, -0.15) is 0 Å². The lowest BCUT2D eigenvalue weighted by Crippen LogP contribution is -2.60. The topological polar surface area (TPSA) is 169 Å². The fourth-order valence-electron chi connectivity index (χ4n) is 7.38. The highest BCUT2D eigenvalue weighted by molar-refractivity contribution is 5.80. The van der Waals surface area contributed by atoms with E-state index in [1.807, 2.05) is 12.2 Å². The number of ether oxygens (including phenoxy) is 2. The van der Waals surface area contributed by atoms with Gasteiger partial charge in [0.05, 0.1) is 25.4 Å².